The molecule has 17 heavy (non-hydrogen) atoms. The Balaban J connectivity index is 2.34. The van der Waals surface area contributed by atoms with Crippen LogP contribution in [-0.4, -0.2) is 18.4 Å². The van der Waals surface area contributed by atoms with Gasteiger partial charge in [0.1, 0.15) is 5.54 Å². The minimum atomic E-state index is -0.779. The first kappa shape index (κ1) is 11.9. The van der Waals surface area contributed by atoms with Crippen molar-refractivity contribution in [3.8, 4) is 0 Å². The Morgan fingerprint density at radius 3 is 2.59 bits per heavy atom. The number of amides is 1. The number of nitrogens with one attached hydrogen (secondary N) is 2. The molecule has 1 heterocycles. The molecular formula is C12H14ClN3O. The highest BCUT2D eigenvalue weighted by atomic mass is 35.5. The van der Waals surface area contributed by atoms with Gasteiger partial charge in [-0.05, 0) is 31.5 Å². The van der Waals surface area contributed by atoms with E-state index in [4.69, 9.17) is 11.6 Å². The number of carbonyl (C=O) groups excluding carboxylic acids is 1. The van der Waals surface area contributed by atoms with Crippen LogP contribution in [0.25, 0.3) is 0 Å². The van der Waals surface area contributed by atoms with Crippen molar-refractivity contribution in [2.24, 2.45) is 4.99 Å². The van der Waals surface area contributed by atoms with Crippen molar-refractivity contribution >= 4 is 23.5 Å². The third kappa shape index (κ3) is 2.13. The molecule has 4 nitrogen and oxygen atoms in total. The zero-order chi connectivity index (χ0) is 12.5. The van der Waals surface area contributed by atoms with Crippen LogP contribution in [0.3, 0.4) is 0 Å². The lowest BCUT2D eigenvalue weighted by molar-refractivity contribution is -0.123. The van der Waals surface area contributed by atoms with Crippen LogP contribution in [0.15, 0.2) is 29.3 Å². The van der Waals surface area contributed by atoms with E-state index < -0.39 is 5.54 Å². The summed E-state index contributed by atoms with van der Waals surface area (Å²) in [6.07, 6.45) is 0. The predicted molar refractivity (Wildman–Crippen MR) is 68.1 cm³/mol. The summed E-state index contributed by atoms with van der Waals surface area (Å²) in [5, 5.41) is 6.48. The summed E-state index contributed by atoms with van der Waals surface area (Å²) in [4.78, 5) is 16.1. The summed E-state index contributed by atoms with van der Waals surface area (Å²) in [7, 11) is 0. The van der Waals surface area contributed by atoms with Crippen LogP contribution in [0.2, 0.25) is 5.02 Å². The molecular weight excluding hydrogens is 238 g/mol. The highest BCUT2D eigenvalue weighted by Crippen LogP contribution is 2.25. The molecule has 0 saturated carbocycles. The standard InChI is InChI=1S/C12H14ClN3O/c1-3-14-11-15-10(17)12(2,16-11)8-4-6-9(13)7-5-8/h4-7H,3H2,1-2H3,(H2,14,15,16,17). The third-order valence-electron chi connectivity index (χ3n) is 2.79. The Hall–Kier alpha value is -1.55. The van der Waals surface area contributed by atoms with Crippen molar-refractivity contribution in [2.75, 3.05) is 6.54 Å². The fourth-order valence-corrected chi connectivity index (χ4v) is 1.91. The van der Waals surface area contributed by atoms with Gasteiger partial charge in [-0.3, -0.25) is 15.1 Å². The summed E-state index contributed by atoms with van der Waals surface area (Å²) in [6.45, 7) is 4.36. The molecule has 0 aromatic heterocycles. The highest BCUT2D eigenvalue weighted by Gasteiger charge is 2.42. The van der Waals surface area contributed by atoms with E-state index in [2.05, 4.69) is 15.6 Å². The fourth-order valence-electron chi connectivity index (χ4n) is 1.78. The van der Waals surface area contributed by atoms with Gasteiger partial charge in [-0.25, -0.2) is 0 Å². The van der Waals surface area contributed by atoms with Gasteiger partial charge in [0.05, 0.1) is 0 Å². The van der Waals surface area contributed by atoms with Gasteiger partial charge in [-0.1, -0.05) is 23.7 Å². The number of hydrogen-bond donors (Lipinski definition) is 2. The maximum atomic E-state index is 12.0. The van der Waals surface area contributed by atoms with E-state index in [0.29, 0.717) is 17.5 Å². The predicted octanol–water partition coefficient (Wildman–Crippen LogP) is 1.65. The summed E-state index contributed by atoms with van der Waals surface area (Å²) < 4.78 is 0. The van der Waals surface area contributed by atoms with Gasteiger partial charge >= 0.3 is 0 Å². The minimum absolute atomic E-state index is 0.105. The van der Waals surface area contributed by atoms with Crippen LogP contribution in [0.4, 0.5) is 0 Å². The molecule has 5 heteroatoms. The lowest BCUT2D eigenvalue weighted by atomic mass is 9.92. The second-order valence-electron chi connectivity index (χ2n) is 4.03. The normalized spacial score (nSPS) is 25.8. The Labute approximate surface area is 105 Å². The second-order valence-corrected chi connectivity index (χ2v) is 4.47. The van der Waals surface area contributed by atoms with Crippen molar-refractivity contribution in [1.82, 2.24) is 10.6 Å². The number of benzene rings is 1. The summed E-state index contributed by atoms with van der Waals surface area (Å²) in [5.41, 5.74) is 0.0826. The molecule has 1 aromatic carbocycles. The van der Waals surface area contributed by atoms with E-state index in [-0.39, 0.29) is 5.91 Å². The SMILES string of the molecule is CCN=C1NC(=O)C(C)(c2ccc(Cl)cc2)N1. The van der Waals surface area contributed by atoms with Crippen LogP contribution in [0.1, 0.15) is 19.4 Å². The maximum Gasteiger partial charge on any atom is 0.256 e. The first-order valence-corrected chi connectivity index (χ1v) is 5.84. The van der Waals surface area contributed by atoms with Crippen LogP contribution in [-0.2, 0) is 10.3 Å². The van der Waals surface area contributed by atoms with E-state index in [1.165, 1.54) is 0 Å². The van der Waals surface area contributed by atoms with Crippen molar-refractivity contribution in [3.05, 3.63) is 34.9 Å². The molecule has 1 amide bonds. The zero-order valence-corrected chi connectivity index (χ0v) is 10.5. The number of nitrogens with zero attached hydrogens (tertiary/aromatic N) is 1. The molecule has 1 aliphatic rings. The molecule has 1 aromatic rings. The highest BCUT2D eigenvalue weighted by molar-refractivity contribution is 6.30. The first-order chi connectivity index (χ1) is 8.06. The lowest BCUT2D eigenvalue weighted by Gasteiger charge is -2.21. The average molecular weight is 252 g/mol. The Bertz CT molecular complexity index is 469. The molecule has 1 atom stereocenters. The van der Waals surface area contributed by atoms with Gasteiger partial charge in [0, 0.05) is 11.6 Å². The van der Waals surface area contributed by atoms with E-state index >= 15 is 0 Å². The van der Waals surface area contributed by atoms with Crippen LogP contribution >= 0.6 is 11.6 Å². The number of hydrogen-bond acceptors (Lipinski definition) is 2. The molecule has 0 radical (unpaired) electrons. The summed E-state index contributed by atoms with van der Waals surface area (Å²) >= 11 is 5.83. The number of carbonyl (C=O) groups is 1. The first-order valence-electron chi connectivity index (χ1n) is 5.46. The number of aliphatic imine (C=N–C) groups is 1. The fraction of sp³-hybridized carbons (Fsp3) is 0.333. The third-order valence-corrected chi connectivity index (χ3v) is 3.04. The molecule has 0 spiro atoms. The quantitative estimate of drug-likeness (QED) is 0.840. The molecule has 1 unspecified atom stereocenters. The molecule has 2 rings (SSSR count). The van der Waals surface area contributed by atoms with E-state index in [0.717, 1.165) is 5.56 Å². The Kier molecular flexibility index (Phi) is 3.07. The van der Waals surface area contributed by atoms with Crippen molar-refractivity contribution in [3.63, 3.8) is 0 Å². The van der Waals surface area contributed by atoms with Gasteiger partial charge in [-0.15, -0.1) is 0 Å². The Morgan fingerprint density at radius 2 is 2.00 bits per heavy atom. The molecule has 90 valence electrons. The van der Waals surface area contributed by atoms with E-state index in [9.17, 15) is 4.79 Å². The molecule has 1 fully saturated rings. The smallest absolute Gasteiger partial charge is 0.256 e. The van der Waals surface area contributed by atoms with Crippen molar-refractivity contribution in [2.45, 2.75) is 19.4 Å². The zero-order valence-electron chi connectivity index (χ0n) is 9.75. The number of rotatable bonds is 2. The minimum Gasteiger partial charge on any atom is -0.338 e. The summed E-state index contributed by atoms with van der Waals surface area (Å²) in [6, 6.07) is 7.21. The second kappa shape index (κ2) is 4.37. The topological polar surface area (TPSA) is 53.5 Å². The van der Waals surface area contributed by atoms with Gasteiger partial charge in [-0.2, -0.15) is 0 Å². The van der Waals surface area contributed by atoms with E-state index in [1.54, 1.807) is 12.1 Å². The Morgan fingerprint density at radius 1 is 1.35 bits per heavy atom. The van der Waals surface area contributed by atoms with Crippen molar-refractivity contribution < 1.29 is 4.79 Å². The molecule has 1 aliphatic heterocycles. The van der Waals surface area contributed by atoms with E-state index in [1.807, 2.05) is 26.0 Å². The molecule has 2 N–H and O–H groups in total. The van der Waals surface area contributed by atoms with Crippen LogP contribution in [0.5, 0.6) is 0 Å². The summed E-state index contributed by atoms with van der Waals surface area (Å²) in [5.74, 6) is 0.418. The number of guanidine groups is 1. The van der Waals surface area contributed by atoms with Crippen LogP contribution in [0, 0.1) is 0 Å². The molecule has 0 bridgehead atoms. The van der Waals surface area contributed by atoms with Gasteiger partial charge in [0.15, 0.2) is 5.96 Å². The number of halogens is 1. The van der Waals surface area contributed by atoms with Crippen LogP contribution < -0.4 is 10.6 Å². The largest absolute Gasteiger partial charge is 0.338 e. The van der Waals surface area contributed by atoms with Gasteiger partial charge < -0.3 is 5.32 Å². The monoisotopic (exact) mass is 251 g/mol. The van der Waals surface area contributed by atoms with Crippen molar-refractivity contribution in [1.29, 1.82) is 0 Å². The average Bonchev–Trinajstić information content (AvgIpc) is 2.57. The maximum absolute atomic E-state index is 12.0. The molecule has 0 aliphatic carbocycles. The molecule has 1 saturated heterocycles. The lowest BCUT2D eigenvalue weighted by Crippen LogP contribution is -2.40. The van der Waals surface area contributed by atoms with Gasteiger partial charge in [0.25, 0.3) is 5.91 Å². The van der Waals surface area contributed by atoms with Gasteiger partial charge in [0.2, 0.25) is 0 Å².